The van der Waals surface area contributed by atoms with Crippen LogP contribution < -0.4 is 17.2 Å². The van der Waals surface area contributed by atoms with E-state index in [1.807, 2.05) is 0 Å². The van der Waals surface area contributed by atoms with E-state index in [0.29, 0.717) is 13.0 Å². The highest BCUT2D eigenvalue weighted by Crippen LogP contribution is 1.97. The summed E-state index contributed by atoms with van der Waals surface area (Å²) in [5.41, 5.74) is 15.4. The molecule has 9 nitrogen and oxygen atoms in total. The highest BCUT2D eigenvalue weighted by molar-refractivity contribution is 5.74. The fourth-order valence-electron chi connectivity index (χ4n) is 1.03. The van der Waals surface area contributed by atoms with Crippen molar-refractivity contribution >= 4 is 17.9 Å². The van der Waals surface area contributed by atoms with Gasteiger partial charge in [0.15, 0.2) is 0 Å². The Balaban J connectivity index is 0. The molecule has 0 heterocycles. The third-order valence-electron chi connectivity index (χ3n) is 2.27. The molecule has 0 aromatic carbocycles. The number of carboxylic acids is 3. The van der Waals surface area contributed by atoms with Crippen LogP contribution in [0.25, 0.3) is 0 Å². The minimum Gasteiger partial charge on any atom is -0.481 e. The lowest BCUT2D eigenvalue weighted by Gasteiger charge is -2.03. The average Bonchev–Trinajstić information content (AvgIpc) is 2.36. The lowest BCUT2D eigenvalue weighted by atomic mass is 10.1. The van der Waals surface area contributed by atoms with Gasteiger partial charge in [0.05, 0.1) is 0 Å². The molecule has 0 aromatic rings. The van der Waals surface area contributed by atoms with E-state index in [4.69, 9.17) is 32.5 Å². The van der Waals surface area contributed by atoms with Gasteiger partial charge in [0, 0.05) is 6.42 Å². The second-order valence-electron chi connectivity index (χ2n) is 4.11. The van der Waals surface area contributed by atoms with E-state index in [-0.39, 0.29) is 12.8 Å². The minimum atomic E-state index is -1.17. The summed E-state index contributed by atoms with van der Waals surface area (Å²) in [5.74, 6) is -3.13. The quantitative estimate of drug-likeness (QED) is 0.283. The fraction of sp³-hybridized carbons (Fsp3) is 0.727. The van der Waals surface area contributed by atoms with E-state index in [2.05, 4.69) is 0 Å². The van der Waals surface area contributed by atoms with E-state index in [9.17, 15) is 14.4 Å². The normalized spacial score (nSPS) is 12.8. The maximum absolute atomic E-state index is 10.1. The van der Waals surface area contributed by atoms with Gasteiger partial charge in [0.2, 0.25) is 0 Å². The van der Waals surface area contributed by atoms with E-state index < -0.39 is 30.0 Å². The van der Waals surface area contributed by atoms with Gasteiger partial charge in [-0.1, -0.05) is 6.42 Å². The van der Waals surface area contributed by atoms with Crippen molar-refractivity contribution in [3.63, 3.8) is 0 Å². The first-order valence-corrected chi connectivity index (χ1v) is 6.11. The molecule has 0 spiro atoms. The number of carbonyl (C=O) groups is 3. The third-order valence-corrected chi connectivity index (χ3v) is 2.27. The lowest BCUT2D eigenvalue weighted by Crippen LogP contribution is -2.30. The molecule has 0 radical (unpaired) electrons. The van der Waals surface area contributed by atoms with Gasteiger partial charge in [0.1, 0.15) is 12.1 Å². The smallest absolute Gasteiger partial charge is 0.320 e. The number of rotatable bonds is 9. The number of aliphatic carboxylic acids is 3. The monoisotopic (exact) mass is 293 g/mol. The molecule has 0 aromatic heterocycles. The summed E-state index contributed by atoms with van der Waals surface area (Å²) in [6.07, 6.45) is 1.94. The summed E-state index contributed by atoms with van der Waals surface area (Å²) in [6, 6.07) is -1.78. The van der Waals surface area contributed by atoms with E-state index in [1.165, 1.54) is 0 Å². The Morgan fingerprint density at radius 2 is 1.30 bits per heavy atom. The zero-order valence-electron chi connectivity index (χ0n) is 11.2. The predicted octanol–water partition coefficient (Wildman–Crippen LogP) is -1.21. The van der Waals surface area contributed by atoms with Gasteiger partial charge >= 0.3 is 17.9 Å². The molecular weight excluding hydrogens is 270 g/mol. The number of carboxylic acid groups (broad SMARTS) is 3. The molecule has 0 rings (SSSR count). The first kappa shape index (κ1) is 20.6. The molecule has 20 heavy (non-hydrogen) atoms. The van der Waals surface area contributed by atoms with Gasteiger partial charge in [-0.15, -0.1) is 0 Å². The zero-order chi connectivity index (χ0) is 16.1. The predicted molar refractivity (Wildman–Crippen MR) is 71.0 cm³/mol. The van der Waals surface area contributed by atoms with Crippen molar-refractivity contribution in [2.45, 2.75) is 44.2 Å². The van der Waals surface area contributed by atoms with Crippen molar-refractivity contribution in [3.05, 3.63) is 0 Å². The summed E-state index contributed by atoms with van der Waals surface area (Å²) in [6.45, 7) is 0.604. The van der Waals surface area contributed by atoms with Crippen LogP contribution in [-0.4, -0.2) is 51.9 Å². The Bertz CT molecular complexity index is 311. The van der Waals surface area contributed by atoms with Crippen molar-refractivity contribution in [3.8, 4) is 0 Å². The van der Waals surface area contributed by atoms with Gasteiger partial charge in [-0.2, -0.15) is 0 Å². The topological polar surface area (TPSA) is 190 Å². The molecule has 0 bridgehead atoms. The molecule has 0 aliphatic heterocycles. The molecule has 0 aliphatic rings. The van der Waals surface area contributed by atoms with E-state index in [1.54, 1.807) is 0 Å². The summed E-state index contributed by atoms with van der Waals surface area (Å²) in [4.78, 5) is 30.0. The van der Waals surface area contributed by atoms with Crippen LogP contribution in [0.5, 0.6) is 0 Å². The number of hydrogen-bond acceptors (Lipinski definition) is 6. The molecule has 0 amide bonds. The molecular formula is C11H23N3O6. The average molecular weight is 293 g/mol. The second-order valence-corrected chi connectivity index (χ2v) is 4.11. The third kappa shape index (κ3) is 14.4. The van der Waals surface area contributed by atoms with Crippen LogP contribution in [0.3, 0.4) is 0 Å². The van der Waals surface area contributed by atoms with Crippen LogP contribution in [0.2, 0.25) is 0 Å². The second kappa shape index (κ2) is 12.3. The van der Waals surface area contributed by atoms with Crippen molar-refractivity contribution < 1.29 is 29.7 Å². The van der Waals surface area contributed by atoms with Crippen molar-refractivity contribution in [2.75, 3.05) is 6.54 Å². The van der Waals surface area contributed by atoms with Gasteiger partial charge in [-0.25, -0.2) is 0 Å². The Morgan fingerprint density at radius 1 is 0.850 bits per heavy atom. The summed E-state index contributed by atoms with van der Waals surface area (Å²) < 4.78 is 0. The molecule has 9 N–H and O–H groups in total. The van der Waals surface area contributed by atoms with Gasteiger partial charge in [-0.05, 0) is 25.8 Å². The highest BCUT2D eigenvalue weighted by atomic mass is 16.4. The van der Waals surface area contributed by atoms with E-state index in [0.717, 1.165) is 12.8 Å². The first-order chi connectivity index (χ1) is 9.22. The first-order valence-electron chi connectivity index (χ1n) is 6.11. The number of nitrogens with two attached hydrogens (primary N) is 3. The number of hydrogen-bond donors (Lipinski definition) is 6. The Morgan fingerprint density at radius 3 is 1.65 bits per heavy atom. The van der Waals surface area contributed by atoms with Crippen LogP contribution in [0.15, 0.2) is 0 Å². The molecule has 1 unspecified atom stereocenters. The maximum atomic E-state index is 10.1. The SMILES string of the molecule is NCCCCC(N)C(=O)O.N[C@@H](CCC(=O)O)C(=O)O. The summed E-state index contributed by atoms with van der Waals surface area (Å²) >= 11 is 0. The highest BCUT2D eigenvalue weighted by Gasteiger charge is 2.12. The van der Waals surface area contributed by atoms with Crippen LogP contribution in [-0.2, 0) is 14.4 Å². The van der Waals surface area contributed by atoms with Crippen LogP contribution in [0.4, 0.5) is 0 Å². The summed E-state index contributed by atoms with van der Waals surface area (Å²) in [7, 11) is 0. The zero-order valence-corrected chi connectivity index (χ0v) is 11.2. The molecule has 0 saturated carbocycles. The molecule has 0 fully saturated rings. The van der Waals surface area contributed by atoms with Crippen molar-refractivity contribution in [1.29, 1.82) is 0 Å². The van der Waals surface area contributed by atoms with E-state index >= 15 is 0 Å². The molecule has 2 atom stereocenters. The van der Waals surface area contributed by atoms with Crippen molar-refractivity contribution in [2.24, 2.45) is 17.2 Å². The van der Waals surface area contributed by atoms with Crippen LogP contribution in [0.1, 0.15) is 32.1 Å². The Kier molecular flexibility index (Phi) is 12.7. The lowest BCUT2D eigenvalue weighted by molar-refractivity contribution is -0.140. The van der Waals surface area contributed by atoms with Gasteiger partial charge in [-0.3, -0.25) is 14.4 Å². The Hall–Kier alpha value is -1.71. The minimum absolute atomic E-state index is 0.0231. The molecule has 9 heteroatoms. The fourth-order valence-corrected chi connectivity index (χ4v) is 1.03. The Labute approximate surface area is 116 Å². The molecule has 118 valence electrons. The summed E-state index contributed by atoms with van der Waals surface area (Å²) in [5, 5.41) is 24.6. The van der Waals surface area contributed by atoms with Crippen molar-refractivity contribution in [1.82, 2.24) is 0 Å². The van der Waals surface area contributed by atoms with Crippen LogP contribution >= 0.6 is 0 Å². The van der Waals surface area contributed by atoms with Gasteiger partial charge in [0.25, 0.3) is 0 Å². The maximum Gasteiger partial charge on any atom is 0.320 e. The van der Waals surface area contributed by atoms with Gasteiger partial charge < -0.3 is 32.5 Å². The largest absolute Gasteiger partial charge is 0.481 e. The molecule has 0 aliphatic carbocycles. The number of unbranched alkanes of at least 4 members (excludes halogenated alkanes) is 1. The molecule has 0 saturated heterocycles. The van der Waals surface area contributed by atoms with Crippen LogP contribution in [0, 0.1) is 0 Å². The standard InChI is InChI=1S/C6H14N2O2.C5H9NO4/c7-4-2-1-3-5(8)6(9)10;6-3(5(9)10)1-2-4(7)8/h5H,1-4,7-8H2,(H,9,10);3H,1-2,6H2,(H,7,8)(H,9,10)/t;3-/m.0/s1.